The van der Waals surface area contributed by atoms with Crippen LogP contribution in [0.2, 0.25) is 0 Å². The lowest BCUT2D eigenvalue weighted by atomic mass is 10.0. The number of nitrogens with zero attached hydrogens (tertiary/aromatic N) is 1. The highest BCUT2D eigenvalue weighted by atomic mass is 19.3. The van der Waals surface area contributed by atoms with Crippen molar-refractivity contribution in [1.29, 1.82) is 0 Å². The van der Waals surface area contributed by atoms with E-state index in [-0.39, 0.29) is 18.4 Å². The fourth-order valence-electron chi connectivity index (χ4n) is 1.27. The highest BCUT2D eigenvalue weighted by Gasteiger charge is 2.12. The summed E-state index contributed by atoms with van der Waals surface area (Å²) < 4.78 is 29.0. The number of alkyl halides is 2. The molecule has 5 heteroatoms. The van der Waals surface area contributed by atoms with Crippen molar-refractivity contribution in [1.82, 2.24) is 4.98 Å². The summed E-state index contributed by atoms with van der Waals surface area (Å²) in [6.45, 7) is 2.93. The van der Waals surface area contributed by atoms with Crippen LogP contribution in [0.25, 0.3) is 0 Å². The zero-order valence-electron chi connectivity index (χ0n) is 9.28. The molecule has 1 N–H and O–H groups in total. The Morgan fingerprint density at radius 1 is 1.38 bits per heavy atom. The van der Waals surface area contributed by atoms with Crippen molar-refractivity contribution in [3.63, 3.8) is 0 Å². The van der Waals surface area contributed by atoms with Crippen LogP contribution in [-0.2, 0) is 6.61 Å². The van der Waals surface area contributed by atoms with Crippen molar-refractivity contribution < 1.29 is 18.6 Å². The van der Waals surface area contributed by atoms with Gasteiger partial charge in [-0.2, -0.15) is 0 Å². The Labute approximate surface area is 93.1 Å². The summed E-state index contributed by atoms with van der Waals surface area (Å²) in [7, 11) is 0. The van der Waals surface area contributed by atoms with E-state index in [2.05, 4.69) is 4.98 Å². The molecule has 16 heavy (non-hydrogen) atoms. The lowest BCUT2D eigenvalue weighted by Gasteiger charge is -2.13. The van der Waals surface area contributed by atoms with Gasteiger partial charge in [0.15, 0.2) is 6.61 Å². The van der Waals surface area contributed by atoms with Gasteiger partial charge in [-0.1, -0.05) is 19.9 Å². The molecule has 0 saturated carbocycles. The van der Waals surface area contributed by atoms with E-state index in [9.17, 15) is 8.78 Å². The van der Waals surface area contributed by atoms with Gasteiger partial charge in [0.2, 0.25) is 5.88 Å². The molecule has 1 heterocycles. The first-order valence-corrected chi connectivity index (χ1v) is 5.06. The minimum Gasteiger partial charge on any atom is -0.471 e. The van der Waals surface area contributed by atoms with Crippen LogP contribution >= 0.6 is 0 Å². The highest BCUT2D eigenvalue weighted by Crippen LogP contribution is 2.25. The molecule has 3 nitrogen and oxygen atoms in total. The van der Waals surface area contributed by atoms with Crippen LogP contribution in [0.1, 0.15) is 31.0 Å². The number of ether oxygens (including phenoxy) is 1. The van der Waals surface area contributed by atoms with Gasteiger partial charge in [0, 0.05) is 5.56 Å². The molecule has 0 fully saturated rings. The van der Waals surface area contributed by atoms with Gasteiger partial charge in [-0.05, 0) is 12.0 Å². The summed E-state index contributed by atoms with van der Waals surface area (Å²) in [5.74, 6) is 0.315. The quantitative estimate of drug-likeness (QED) is 0.845. The average Bonchev–Trinajstić information content (AvgIpc) is 2.25. The van der Waals surface area contributed by atoms with E-state index < -0.39 is 13.0 Å². The number of hydrogen-bond acceptors (Lipinski definition) is 3. The van der Waals surface area contributed by atoms with Gasteiger partial charge in [-0.25, -0.2) is 13.8 Å². The normalized spacial score (nSPS) is 11.2. The number of aliphatic hydroxyl groups excluding tert-OH is 1. The zero-order chi connectivity index (χ0) is 12.1. The van der Waals surface area contributed by atoms with Crippen LogP contribution in [0.5, 0.6) is 5.88 Å². The Kier molecular flexibility index (Phi) is 4.61. The predicted octanol–water partition coefficient (Wildman–Crippen LogP) is 2.34. The maximum Gasteiger partial charge on any atom is 0.272 e. The van der Waals surface area contributed by atoms with Crippen molar-refractivity contribution >= 4 is 0 Å². The second-order valence-corrected chi connectivity index (χ2v) is 3.71. The van der Waals surface area contributed by atoms with Gasteiger partial charge in [0.25, 0.3) is 6.43 Å². The molecule has 1 aromatic rings. The molecule has 0 bridgehead atoms. The first-order valence-electron chi connectivity index (χ1n) is 5.06. The SMILES string of the molecule is CC(C)c1ccc(CO)nc1OCC(F)F. The van der Waals surface area contributed by atoms with Crippen molar-refractivity contribution in [2.24, 2.45) is 0 Å². The van der Waals surface area contributed by atoms with Gasteiger partial charge in [0.05, 0.1) is 12.3 Å². The van der Waals surface area contributed by atoms with Gasteiger partial charge < -0.3 is 9.84 Å². The third kappa shape index (κ3) is 3.41. The molecule has 0 aliphatic heterocycles. The monoisotopic (exact) mass is 231 g/mol. The summed E-state index contributed by atoms with van der Waals surface area (Å²) in [5.41, 5.74) is 1.17. The summed E-state index contributed by atoms with van der Waals surface area (Å²) in [6.07, 6.45) is -2.53. The summed E-state index contributed by atoms with van der Waals surface area (Å²) in [5, 5.41) is 8.90. The van der Waals surface area contributed by atoms with Gasteiger partial charge >= 0.3 is 0 Å². The maximum absolute atomic E-state index is 12.0. The second kappa shape index (κ2) is 5.75. The van der Waals surface area contributed by atoms with Crippen LogP contribution in [0.4, 0.5) is 8.78 Å². The highest BCUT2D eigenvalue weighted by molar-refractivity contribution is 5.30. The molecule has 0 saturated heterocycles. The maximum atomic E-state index is 12.0. The third-order valence-corrected chi connectivity index (χ3v) is 2.08. The van der Waals surface area contributed by atoms with Crippen molar-refractivity contribution in [2.75, 3.05) is 6.61 Å². The third-order valence-electron chi connectivity index (χ3n) is 2.08. The van der Waals surface area contributed by atoms with E-state index in [4.69, 9.17) is 9.84 Å². The van der Waals surface area contributed by atoms with Crippen LogP contribution in [-0.4, -0.2) is 23.1 Å². The Morgan fingerprint density at radius 2 is 2.06 bits per heavy atom. The van der Waals surface area contributed by atoms with Gasteiger partial charge in [-0.15, -0.1) is 0 Å². The van der Waals surface area contributed by atoms with Crippen molar-refractivity contribution in [3.8, 4) is 5.88 Å². The Bertz CT molecular complexity index is 343. The number of rotatable bonds is 5. The van der Waals surface area contributed by atoms with Crippen molar-refractivity contribution in [2.45, 2.75) is 32.8 Å². The standard InChI is InChI=1S/C11H15F2NO2/c1-7(2)9-4-3-8(5-15)14-11(9)16-6-10(12)13/h3-4,7,10,15H,5-6H2,1-2H3. The lowest BCUT2D eigenvalue weighted by Crippen LogP contribution is -2.11. The molecule has 1 aromatic heterocycles. The first-order chi connectivity index (χ1) is 7.54. The second-order valence-electron chi connectivity index (χ2n) is 3.71. The minimum atomic E-state index is -2.53. The van der Waals surface area contributed by atoms with E-state index in [1.165, 1.54) is 0 Å². The van der Waals surface area contributed by atoms with E-state index in [0.717, 1.165) is 5.56 Å². The van der Waals surface area contributed by atoms with E-state index in [1.54, 1.807) is 12.1 Å². The molecule has 0 spiro atoms. The number of aliphatic hydroxyl groups is 1. The number of pyridine rings is 1. The van der Waals surface area contributed by atoms with Gasteiger partial charge in [-0.3, -0.25) is 0 Å². The Balaban J connectivity index is 2.91. The molecule has 0 atom stereocenters. The fourth-order valence-corrected chi connectivity index (χ4v) is 1.27. The lowest BCUT2D eigenvalue weighted by molar-refractivity contribution is 0.0786. The summed E-state index contributed by atoms with van der Waals surface area (Å²) >= 11 is 0. The molecular formula is C11H15F2NO2. The first kappa shape index (κ1) is 12.8. The molecule has 0 aromatic carbocycles. The van der Waals surface area contributed by atoms with Gasteiger partial charge in [0.1, 0.15) is 0 Å². The number of halogens is 2. The molecule has 0 aliphatic carbocycles. The smallest absolute Gasteiger partial charge is 0.272 e. The Hall–Kier alpha value is -1.23. The molecule has 0 radical (unpaired) electrons. The van der Waals surface area contributed by atoms with E-state index >= 15 is 0 Å². The molecule has 0 amide bonds. The van der Waals surface area contributed by atoms with Crippen LogP contribution in [0, 0.1) is 0 Å². The zero-order valence-corrected chi connectivity index (χ0v) is 9.28. The van der Waals surface area contributed by atoms with E-state index in [0.29, 0.717) is 5.69 Å². The van der Waals surface area contributed by atoms with E-state index in [1.807, 2.05) is 13.8 Å². The molecule has 1 rings (SSSR count). The molecular weight excluding hydrogens is 216 g/mol. The minimum absolute atomic E-state index is 0.132. The van der Waals surface area contributed by atoms with Crippen molar-refractivity contribution in [3.05, 3.63) is 23.4 Å². The van der Waals surface area contributed by atoms with Crippen LogP contribution in [0.3, 0.4) is 0 Å². The molecule has 90 valence electrons. The predicted molar refractivity (Wildman–Crippen MR) is 55.7 cm³/mol. The summed E-state index contributed by atoms with van der Waals surface area (Å²) in [4.78, 5) is 3.98. The Morgan fingerprint density at radius 3 is 2.56 bits per heavy atom. The fraction of sp³-hybridized carbons (Fsp3) is 0.545. The average molecular weight is 231 g/mol. The molecule has 0 unspecified atom stereocenters. The largest absolute Gasteiger partial charge is 0.471 e. The topological polar surface area (TPSA) is 42.4 Å². The number of hydrogen-bond donors (Lipinski definition) is 1. The summed E-state index contributed by atoms with van der Waals surface area (Å²) in [6, 6.07) is 3.40. The van der Waals surface area contributed by atoms with Crippen LogP contribution in [0.15, 0.2) is 12.1 Å². The molecule has 0 aliphatic rings. The van der Waals surface area contributed by atoms with Crippen LogP contribution < -0.4 is 4.74 Å². The number of aromatic nitrogens is 1.